The van der Waals surface area contributed by atoms with Crippen molar-refractivity contribution < 1.29 is 4.79 Å². The van der Waals surface area contributed by atoms with E-state index in [4.69, 9.17) is 5.73 Å². The van der Waals surface area contributed by atoms with Crippen LogP contribution in [0.3, 0.4) is 0 Å². The standard InChI is InChI=1S/C14H20N2O/c1-10-5-3-4-6-13(10)12-7-11(2)16(9-12)14(17)8-15/h3-6,11-12H,7-9,15H2,1-2H3/t11-,12+/m0/s1. The molecule has 0 bridgehead atoms. The van der Waals surface area contributed by atoms with Crippen molar-refractivity contribution in [1.29, 1.82) is 0 Å². The zero-order chi connectivity index (χ0) is 12.4. The van der Waals surface area contributed by atoms with Crippen molar-refractivity contribution in [2.24, 2.45) is 5.73 Å². The number of likely N-dealkylation sites (tertiary alicyclic amines) is 1. The van der Waals surface area contributed by atoms with Crippen molar-refractivity contribution in [3.8, 4) is 0 Å². The van der Waals surface area contributed by atoms with Gasteiger partial charge in [-0.3, -0.25) is 4.79 Å². The topological polar surface area (TPSA) is 46.3 Å². The Kier molecular flexibility index (Phi) is 3.48. The molecule has 1 aliphatic heterocycles. The molecule has 1 heterocycles. The molecule has 1 amide bonds. The van der Waals surface area contributed by atoms with Crippen LogP contribution in [0.5, 0.6) is 0 Å². The molecule has 2 rings (SSSR count). The number of aryl methyl sites for hydroxylation is 1. The van der Waals surface area contributed by atoms with E-state index < -0.39 is 0 Å². The van der Waals surface area contributed by atoms with Crippen molar-refractivity contribution in [3.05, 3.63) is 35.4 Å². The van der Waals surface area contributed by atoms with Gasteiger partial charge in [-0.15, -0.1) is 0 Å². The lowest BCUT2D eigenvalue weighted by Gasteiger charge is -2.20. The Morgan fingerprint density at radius 1 is 1.47 bits per heavy atom. The molecule has 92 valence electrons. The Hall–Kier alpha value is -1.35. The first-order chi connectivity index (χ1) is 8.13. The van der Waals surface area contributed by atoms with Gasteiger partial charge in [0.2, 0.25) is 5.91 Å². The number of hydrogen-bond donors (Lipinski definition) is 1. The highest BCUT2D eigenvalue weighted by molar-refractivity contribution is 5.78. The van der Waals surface area contributed by atoms with Crippen LogP contribution in [-0.2, 0) is 4.79 Å². The van der Waals surface area contributed by atoms with Crippen LogP contribution in [0.4, 0.5) is 0 Å². The molecule has 0 aromatic heterocycles. The second kappa shape index (κ2) is 4.88. The summed E-state index contributed by atoms with van der Waals surface area (Å²) < 4.78 is 0. The van der Waals surface area contributed by atoms with Gasteiger partial charge in [0, 0.05) is 18.5 Å². The number of carbonyl (C=O) groups is 1. The van der Waals surface area contributed by atoms with Gasteiger partial charge in [-0.2, -0.15) is 0 Å². The monoisotopic (exact) mass is 232 g/mol. The minimum Gasteiger partial charge on any atom is -0.338 e. The number of carbonyl (C=O) groups excluding carboxylic acids is 1. The Labute approximate surface area is 103 Å². The van der Waals surface area contributed by atoms with Gasteiger partial charge in [0.1, 0.15) is 0 Å². The summed E-state index contributed by atoms with van der Waals surface area (Å²) >= 11 is 0. The van der Waals surface area contributed by atoms with Crippen molar-refractivity contribution >= 4 is 5.91 Å². The van der Waals surface area contributed by atoms with E-state index in [1.54, 1.807) is 0 Å². The molecule has 0 radical (unpaired) electrons. The second-order valence-corrected chi connectivity index (χ2v) is 4.89. The first-order valence-electron chi connectivity index (χ1n) is 6.18. The summed E-state index contributed by atoms with van der Waals surface area (Å²) in [5, 5.41) is 0. The smallest absolute Gasteiger partial charge is 0.236 e. The molecular formula is C14H20N2O. The first-order valence-corrected chi connectivity index (χ1v) is 6.18. The van der Waals surface area contributed by atoms with E-state index in [1.165, 1.54) is 11.1 Å². The van der Waals surface area contributed by atoms with Gasteiger partial charge >= 0.3 is 0 Å². The molecule has 3 heteroatoms. The summed E-state index contributed by atoms with van der Waals surface area (Å²) in [6.07, 6.45) is 1.04. The van der Waals surface area contributed by atoms with E-state index in [9.17, 15) is 4.79 Å². The average molecular weight is 232 g/mol. The zero-order valence-electron chi connectivity index (χ0n) is 10.5. The van der Waals surface area contributed by atoms with Gasteiger partial charge in [0.25, 0.3) is 0 Å². The third-order valence-electron chi connectivity index (χ3n) is 3.70. The number of hydrogen-bond acceptors (Lipinski definition) is 2. The van der Waals surface area contributed by atoms with Crippen LogP contribution in [0.1, 0.15) is 30.4 Å². The fraction of sp³-hybridized carbons (Fsp3) is 0.500. The summed E-state index contributed by atoms with van der Waals surface area (Å²) in [5.74, 6) is 0.523. The lowest BCUT2D eigenvalue weighted by molar-refractivity contribution is -0.130. The van der Waals surface area contributed by atoms with Crippen LogP contribution in [0, 0.1) is 6.92 Å². The van der Waals surface area contributed by atoms with Gasteiger partial charge in [-0.1, -0.05) is 24.3 Å². The summed E-state index contributed by atoms with van der Waals surface area (Å²) in [5.41, 5.74) is 8.12. The lowest BCUT2D eigenvalue weighted by Crippen LogP contribution is -2.38. The van der Waals surface area contributed by atoms with E-state index in [2.05, 4.69) is 38.1 Å². The van der Waals surface area contributed by atoms with Gasteiger partial charge < -0.3 is 10.6 Å². The molecular weight excluding hydrogens is 212 g/mol. The quantitative estimate of drug-likeness (QED) is 0.843. The minimum atomic E-state index is 0.0635. The molecule has 1 aliphatic rings. The molecule has 2 N–H and O–H groups in total. The Morgan fingerprint density at radius 2 is 2.18 bits per heavy atom. The maximum Gasteiger partial charge on any atom is 0.236 e. The third-order valence-corrected chi connectivity index (χ3v) is 3.70. The van der Waals surface area contributed by atoms with E-state index in [0.717, 1.165) is 13.0 Å². The van der Waals surface area contributed by atoms with Crippen molar-refractivity contribution in [1.82, 2.24) is 4.90 Å². The number of benzene rings is 1. The summed E-state index contributed by atoms with van der Waals surface area (Å²) in [4.78, 5) is 13.6. The van der Waals surface area contributed by atoms with Crippen molar-refractivity contribution in [2.45, 2.75) is 32.2 Å². The van der Waals surface area contributed by atoms with Gasteiger partial charge in [-0.05, 0) is 31.4 Å². The normalized spacial score (nSPS) is 24.1. The van der Waals surface area contributed by atoms with Crippen LogP contribution in [-0.4, -0.2) is 29.9 Å². The summed E-state index contributed by atoms with van der Waals surface area (Å²) in [7, 11) is 0. The molecule has 1 saturated heterocycles. The van der Waals surface area contributed by atoms with Crippen LogP contribution >= 0.6 is 0 Å². The highest BCUT2D eigenvalue weighted by Gasteiger charge is 2.32. The van der Waals surface area contributed by atoms with Gasteiger partial charge in [0.15, 0.2) is 0 Å². The van der Waals surface area contributed by atoms with Gasteiger partial charge in [-0.25, -0.2) is 0 Å². The average Bonchev–Trinajstić information content (AvgIpc) is 2.71. The molecule has 1 aromatic carbocycles. The Morgan fingerprint density at radius 3 is 2.82 bits per heavy atom. The highest BCUT2D eigenvalue weighted by atomic mass is 16.2. The largest absolute Gasteiger partial charge is 0.338 e. The Balaban J connectivity index is 2.17. The van der Waals surface area contributed by atoms with Crippen LogP contribution in [0.2, 0.25) is 0 Å². The second-order valence-electron chi connectivity index (χ2n) is 4.89. The molecule has 3 nitrogen and oxygen atoms in total. The fourth-order valence-corrected chi connectivity index (χ4v) is 2.77. The SMILES string of the molecule is Cc1ccccc1[C@@H]1C[C@H](C)N(C(=O)CN)C1. The molecule has 0 aliphatic carbocycles. The first kappa shape index (κ1) is 12.1. The molecule has 0 spiro atoms. The molecule has 2 atom stereocenters. The van der Waals surface area contributed by atoms with Crippen molar-refractivity contribution in [3.63, 3.8) is 0 Å². The third kappa shape index (κ3) is 2.34. The fourth-order valence-electron chi connectivity index (χ4n) is 2.77. The number of nitrogens with two attached hydrogens (primary N) is 1. The predicted molar refractivity (Wildman–Crippen MR) is 68.8 cm³/mol. The van der Waals surface area contributed by atoms with E-state index in [-0.39, 0.29) is 12.5 Å². The van der Waals surface area contributed by atoms with Gasteiger partial charge in [0.05, 0.1) is 6.54 Å². The predicted octanol–water partition coefficient (Wildman–Crippen LogP) is 1.66. The van der Waals surface area contributed by atoms with Crippen LogP contribution in [0.25, 0.3) is 0 Å². The molecule has 0 saturated carbocycles. The van der Waals surface area contributed by atoms with Crippen molar-refractivity contribution in [2.75, 3.05) is 13.1 Å². The van der Waals surface area contributed by atoms with Crippen LogP contribution in [0.15, 0.2) is 24.3 Å². The molecule has 17 heavy (non-hydrogen) atoms. The van der Waals surface area contributed by atoms with E-state index >= 15 is 0 Å². The summed E-state index contributed by atoms with van der Waals surface area (Å²) in [6, 6.07) is 8.73. The summed E-state index contributed by atoms with van der Waals surface area (Å²) in [6.45, 7) is 5.16. The van der Waals surface area contributed by atoms with E-state index in [1.807, 2.05) is 4.90 Å². The molecule has 1 aromatic rings. The van der Waals surface area contributed by atoms with E-state index in [0.29, 0.717) is 12.0 Å². The number of amides is 1. The Bertz CT molecular complexity index is 416. The number of rotatable bonds is 2. The lowest BCUT2D eigenvalue weighted by atomic mass is 9.93. The maximum atomic E-state index is 11.7. The maximum absolute atomic E-state index is 11.7. The van der Waals surface area contributed by atoms with Crippen LogP contribution < -0.4 is 5.73 Å². The highest BCUT2D eigenvalue weighted by Crippen LogP contribution is 2.32. The zero-order valence-corrected chi connectivity index (χ0v) is 10.5. The minimum absolute atomic E-state index is 0.0635. The molecule has 0 unspecified atom stereocenters. The number of nitrogens with zero attached hydrogens (tertiary/aromatic N) is 1. The molecule has 1 fully saturated rings.